The number of nitrogens with zero attached hydrogens (tertiary/aromatic N) is 3. The minimum atomic E-state index is -0.777. The van der Waals surface area contributed by atoms with Gasteiger partial charge in [-0.15, -0.1) is 0 Å². The van der Waals surface area contributed by atoms with Gasteiger partial charge in [-0.1, -0.05) is 12.1 Å². The van der Waals surface area contributed by atoms with E-state index in [9.17, 15) is 24.4 Å². The number of carbonyl (C=O) groups is 4. The summed E-state index contributed by atoms with van der Waals surface area (Å²) < 4.78 is 5.31. The van der Waals surface area contributed by atoms with Gasteiger partial charge in [-0.3, -0.25) is 19.2 Å². The minimum Gasteiger partial charge on any atom is -0.472 e. The molecule has 0 bridgehead atoms. The van der Waals surface area contributed by atoms with Gasteiger partial charge >= 0.3 is 0 Å². The van der Waals surface area contributed by atoms with Crippen LogP contribution >= 0.6 is 0 Å². The smallest absolute Gasteiger partial charge is 0.248 e. The number of nitrogens with one attached hydrogen (secondary N) is 2. The standard InChI is InChI=1S/C32H34N6O5/c1-20-16-23-19-43-15-11-24(23)28(20)36-31(25(17-33)29(40)21-7-9-22(10-8-21)30(34)41)35-26-6-2-3-14-38(32(26)42)18-27(39)37-12-4-5-13-37/h7-11,15-16,19,26,35-36H,2-6,12-14,18H2,1H3,(H2,34,41)/t26-/m0/s1. The molecule has 11 nitrogen and oxygen atoms in total. The molecule has 2 saturated heterocycles. The summed E-state index contributed by atoms with van der Waals surface area (Å²) in [6.45, 7) is 3.74. The molecular weight excluding hydrogens is 548 g/mol. The molecule has 1 aliphatic carbocycles. The molecule has 11 heteroatoms. The number of ketones is 1. The summed E-state index contributed by atoms with van der Waals surface area (Å²) in [6, 6.07) is 10.7. The first-order chi connectivity index (χ1) is 20.8. The maximum atomic E-state index is 13.8. The molecule has 222 valence electrons. The second-order valence-electron chi connectivity index (χ2n) is 10.9. The van der Waals surface area contributed by atoms with Crippen molar-refractivity contribution in [3.63, 3.8) is 0 Å². The number of fused-ring (bicyclic) bond motifs is 1. The van der Waals surface area contributed by atoms with Crippen LogP contribution in [0.4, 0.5) is 5.69 Å². The number of likely N-dealkylation sites (tertiary alicyclic amines) is 2. The van der Waals surface area contributed by atoms with Gasteiger partial charge in [0.2, 0.25) is 23.5 Å². The number of nitriles is 1. The topological polar surface area (TPSA) is 162 Å². The lowest BCUT2D eigenvalue weighted by atomic mass is 10.0. The molecule has 1 aromatic rings. The Balaban J connectivity index is 1.49. The average Bonchev–Trinajstić information content (AvgIpc) is 3.62. The number of benzene rings is 1. The lowest BCUT2D eigenvalue weighted by Crippen LogP contribution is -2.49. The van der Waals surface area contributed by atoms with Gasteiger partial charge in [-0.25, -0.2) is 0 Å². The molecular formula is C32H34N6O5. The Hall–Kier alpha value is -5.11. The van der Waals surface area contributed by atoms with Crippen molar-refractivity contribution in [2.24, 2.45) is 5.73 Å². The van der Waals surface area contributed by atoms with Gasteiger partial charge < -0.3 is 30.6 Å². The van der Waals surface area contributed by atoms with Crippen molar-refractivity contribution in [2.45, 2.75) is 45.1 Å². The summed E-state index contributed by atoms with van der Waals surface area (Å²) in [5, 5.41) is 16.7. The second kappa shape index (κ2) is 12.8. The Morgan fingerprint density at radius 1 is 1.05 bits per heavy atom. The highest BCUT2D eigenvalue weighted by molar-refractivity contribution is 6.12. The highest BCUT2D eigenvalue weighted by Gasteiger charge is 2.32. The van der Waals surface area contributed by atoms with E-state index in [2.05, 4.69) is 10.6 Å². The number of amides is 3. The third-order valence-corrected chi connectivity index (χ3v) is 8.01. The third kappa shape index (κ3) is 6.38. The summed E-state index contributed by atoms with van der Waals surface area (Å²) in [5.74, 6) is -1.49. The van der Waals surface area contributed by atoms with E-state index in [-0.39, 0.29) is 40.9 Å². The summed E-state index contributed by atoms with van der Waals surface area (Å²) in [7, 11) is 0. The van der Waals surface area contributed by atoms with Crippen molar-refractivity contribution in [1.82, 2.24) is 15.1 Å². The van der Waals surface area contributed by atoms with E-state index in [1.54, 1.807) is 22.1 Å². The van der Waals surface area contributed by atoms with Crippen molar-refractivity contribution in [3.8, 4) is 17.2 Å². The highest BCUT2D eigenvalue weighted by Crippen LogP contribution is 2.37. The monoisotopic (exact) mass is 582 g/mol. The van der Waals surface area contributed by atoms with E-state index in [0.717, 1.165) is 42.4 Å². The van der Waals surface area contributed by atoms with Crippen LogP contribution in [0.1, 0.15) is 58.4 Å². The van der Waals surface area contributed by atoms with Gasteiger partial charge in [-0.05, 0) is 68.9 Å². The number of Topliss-reactive ketones (excluding diaryl/α,β-unsaturated/α-hetero) is 1. The van der Waals surface area contributed by atoms with Gasteiger partial charge in [0.05, 0.1) is 24.8 Å². The molecule has 4 N–H and O–H groups in total. The van der Waals surface area contributed by atoms with E-state index in [0.29, 0.717) is 31.7 Å². The zero-order chi connectivity index (χ0) is 30.5. The summed E-state index contributed by atoms with van der Waals surface area (Å²) >= 11 is 0. The Kier molecular flexibility index (Phi) is 8.76. The number of rotatable bonds is 9. The maximum absolute atomic E-state index is 13.8. The van der Waals surface area contributed by atoms with E-state index < -0.39 is 17.7 Å². The molecule has 0 aromatic heterocycles. The Morgan fingerprint density at radius 3 is 2.44 bits per heavy atom. The molecule has 1 aromatic carbocycles. The van der Waals surface area contributed by atoms with Gasteiger partial charge in [0.25, 0.3) is 0 Å². The van der Waals surface area contributed by atoms with E-state index in [1.807, 2.05) is 19.1 Å². The van der Waals surface area contributed by atoms with Crippen LogP contribution in [-0.2, 0) is 9.59 Å². The summed E-state index contributed by atoms with van der Waals surface area (Å²) in [6.07, 6.45) is 6.97. The second-order valence-corrected chi connectivity index (χ2v) is 10.9. The van der Waals surface area contributed by atoms with Crippen molar-refractivity contribution >= 4 is 29.2 Å². The number of aryl methyl sites for hydroxylation is 1. The van der Waals surface area contributed by atoms with Crippen LogP contribution < -0.4 is 16.4 Å². The zero-order valence-corrected chi connectivity index (χ0v) is 24.0. The summed E-state index contributed by atoms with van der Waals surface area (Å²) in [4.78, 5) is 55.3. The van der Waals surface area contributed by atoms with Crippen LogP contribution in [0.5, 0.6) is 0 Å². The number of hydrogen-bond acceptors (Lipinski definition) is 8. The molecule has 0 spiro atoms. The highest BCUT2D eigenvalue weighted by atomic mass is 16.3. The molecule has 3 amide bonds. The van der Waals surface area contributed by atoms with Gasteiger partial charge in [0.1, 0.15) is 23.5 Å². The molecule has 3 heterocycles. The molecule has 5 rings (SSSR count). The van der Waals surface area contributed by atoms with Crippen LogP contribution in [0.2, 0.25) is 0 Å². The van der Waals surface area contributed by atoms with Crippen molar-refractivity contribution in [1.29, 1.82) is 5.26 Å². The fourth-order valence-electron chi connectivity index (χ4n) is 5.65. The van der Waals surface area contributed by atoms with Crippen molar-refractivity contribution < 1.29 is 23.6 Å². The van der Waals surface area contributed by atoms with Crippen LogP contribution in [-0.4, -0.2) is 65.5 Å². The number of carbonyl (C=O) groups excluding carboxylic acids is 4. The molecule has 1 atom stereocenters. The zero-order valence-electron chi connectivity index (χ0n) is 24.0. The molecule has 0 saturated carbocycles. The quantitative estimate of drug-likeness (QED) is 0.196. The van der Waals surface area contributed by atoms with Gasteiger partial charge in [0.15, 0.2) is 0 Å². The first-order valence-corrected chi connectivity index (χ1v) is 14.4. The third-order valence-electron chi connectivity index (χ3n) is 8.01. The van der Waals surface area contributed by atoms with Gasteiger partial charge in [-0.2, -0.15) is 5.26 Å². The molecule has 43 heavy (non-hydrogen) atoms. The van der Waals surface area contributed by atoms with Crippen LogP contribution in [0.25, 0.3) is 11.1 Å². The normalized spacial score (nSPS) is 17.7. The van der Waals surface area contributed by atoms with Crippen molar-refractivity contribution in [3.05, 3.63) is 77.0 Å². The Bertz CT molecular complexity index is 1580. The number of hydrogen-bond donors (Lipinski definition) is 3. The Labute approximate surface area is 249 Å². The molecule has 2 fully saturated rings. The fraction of sp³-hybridized carbons (Fsp3) is 0.344. The van der Waals surface area contributed by atoms with E-state index in [1.165, 1.54) is 30.5 Å². The minimum absolute atomic E-state index is 0.00413. The average molecular weight is 583 g/mol. The first kappa shape index (κ1) is 29.4. The van der Waals surface area contributed by atoms with Crippen molar-refractivity contribution in [2.75, 3.05) is 31.5 Å². The SMILES string of the molecule is Cc1cc2coccc-2c1NC(N[C@H]1CCCCN(CC(=O)N2CCCC2)C1=O)=C(C#N)C(=O)c1ccc(C(N)=O)cc1. The molecule has 4 aliphatic rings. The number of allylic oxidation sites excluding steroid dienone is 1. The van der Waals surface area contributed by atoms with Crippen LogP contribution in [0, 0.1) is 18.3 Å². The van der Waals surface area contributed by atoms with Crippen LogP contribution in [0.3, 0.4) is 0 Å². The predicted octanol–water partition coefficient (Wildman–Crippen LogP) is 3.41. The number of anilines is 1. The van der Waals surface area contributed by atoms with E-state index in [4.69, 9.17) is 10.2 Å². The number of nitrogens with two attached hydrogens (primary N) is 1. The van der Waals surface area contributed by atoms with Crippen LogP contribution in [0.15, 0.2) is 64.7 Å². The first-order valence-electron chi connectivity index (χ1n) is 14.4. The summed E-state index contributed by atoms with van der Waals surface area (Å²) in [5.41, 5.74) is 8.64. The predicted molar refractivity (Wildman–Crippen MR) is 159 cm³/mol. The maximum Gasteiger partial charge on any atom is 0.248 e. The largest absolute Gasteiger partial charge is 0.472 e. The van der Waals surface area contributed by atoms with Gasteiger partial charge in [0, 0.05) is 41.9 Å². The Morgan fingerprint density at radius 2 is 1.74 bits per heavy atom. The lowest BCUT2D eigenvalue weighted by molar-refractivity contribution is -0.140. The fourth-order valence-corrected chi connectivity index (χ4v) is 5.65. The molecule has 0 unspecified atom stereocenters. The molecule has 3 aliphatic heterocycles. The number of primary amides is 1. The van der Waals surface area contributed by atoms with E-state index >= 15 is 0 Å². The molecule has 0 radical (unpaired) electrons. The lowest BCUT2D eigenvalue weighted by Gasteiger charge is -2.28.